The van der Waals surface area contributed by atoms with Gasteiger partial charge in [-0.15, -0.1) is 6.58 Å². The second-order valence-electron chi connectivity index (χ2n) is 3.85. The van der Waals surface area contributed by atoms with Crippen LogP contribution >= 0.6 is 0 Å². The van der Waals surface area contributed by atoms with Gasteiger partial charge in [-0.2, -0.15) is 0 Å². The number of carboxylic acids is 1. The Balaban J connectivity index is 2.63. The standard InChI is InChI=1S/C13H16N2O4/c1-3-7-19-9(2)8-15-12(16)11-10(13(17)18)5-4-6-14-11/h3-6,9H,1,7-8H2,2H3,(H,15,16)(H,17,18). The number of carbonyl (C=O) groups is 2. The lowest BCUT2D eigenvalue weighted by atomic mass is 10.2. The Hall–Kier alpha value is -2.21. The van der Waals surface area contributed by atoms with E-state index in [4.69, 9.17) is 9.84 Å². The van der Waals surface area contributed by atoms with Crippen LogP contribution in [0.1, 0.15) is 27.8 Å². The molecule has 102 valence electrons. The number of ether oxygens (including phenoxy) is 1. The van der Waals surface area contributed by atoms with Gasteiger partial charge in [0.1, 0.15) is 5.69 Å². The summed E-state index contributed by atoms with van der Waals surface area (Å²) >= 11 is 0. The highest BCUT2D eigenvalue weighted by atomic mass is 16.5. The average molecular weight is 264 g/mol. The van der Waals surface area contributed by atoms with E-state index in [0.29, 0.717) is 6.61 Å². The highest BCUT2D eigenvalue weighted by Crippen LogP contribution is 2.05. The van der Waals surface area contributed by atoms with Gasteiger partial charge >= 0.3 is 5.97 Å². The van der Waals surface area contributed by atoms with Gasteiger partial charge in [-0.25, -0.2) is 4.79 Å². The van der Waals surface area contributed by atoms with E-state index in [-0.39, 0.29) is 23.9 Å². The SMILES string of the molecule is C=CCOC(C)CNC(=O)c1ncccc1C(=O)O. The van der Waals surface area contributed by atoms with Crippen LogP contribution in [0.15, 0.2) is 31.0 Å². The van der Waals surface area contributed by atoms with E-state index in [2.05, 4.69) is 16.9 Å². The second-order valence-corrected chi connectivity index (χ2v) is 3.85. The Morgan fingerprint density at radius 3 is 3.00 bits per heavy atom. The van der Waals surface area contributed by atoms with Crippen LogP contribution in [0.5, 0.6) is 0 Å². The zero-order chi connectivity index (χ0) is 14.3. The fraction of sp³-hybridized carbons (Fsp3) is 0.308. The molecule has 6 nitrogen and oxygen atoms in total. The average Bonchev–Trinajstić information content (AvgIpc) is 2.42. The Labute approximate surface area is 111 Å². The molecule has 0 aliphatic heterocycles. The van der Waals surface area contributed by atoms with Crippen molar-refractivity contribution < 1.29 is 19.4 Å². The normalized spacial score (nSPS) is 11.6. The maximum absolute atomic E-state index is 11.8. The Morgan fingerprint density at radius 2 is 2.37 bits per heavy atom. The van der Waals surface area contributed by atoms with Crippen molar-refractivity contribution in [3.63, 3.8) is 0 Å². The number of aromatic carboxylic acids is 1. The van der Waals surface area contributed by atoms with Crippen LogP contribution in [0.4, 0.5) is 0 Å². The van der Waals surface area contributed by atoms with Gasteiger partial charge in [0.15, 0.2) is 0 Å². The minimum absolute atomic E-state index is 0.106. The molecule has 19 heavy (non-hydrogen) atoms. The molecule has 0 saturated heterocycles. The fourth-order valence-electron chi connectivity index (χ4n) is 1.37. The van der Waals surface area contributed by atoms with E-state index in [1.54, 1.807) is 13.0 Å². The molecule has 0 aliphatic rings. The summed E-state index contributed by atoms with van der Waals surface area (Å²) in [5.41, 5.74) is -0.231. The first-order valence-corrected chi connectivity index (χ1v) is 5.75. The number of aromatic nitrogens is 1. The molecule has 1 amide bonds. The predicted octanol–water partition coefficient (Wildman–Crippen LogP) is 1.10. The van der Waals surface area contributed by atoms with Gasteiger partial charge in [0.25, 0.3) is 5.91 Å². The zero-order valence-electron chi connectivity index (χ0n) is 10.6. The van der Waals surface area contributed by atoms with Gasteiger partial charge in [-0.05, 0) is 19.1 Å². The lowest BCUT2D eigenvalue weighted by Crippen LogP contribution is -2.33. The third-order valence-corrected chi connectivity index (χ3v) is 2.30. The Morgan fingerprint density at radius 1 is 1.63 bits per heavy atom. The van der Waals surface area contributed by atoms with Gasteiger partial charge < -0.3 is 15.2 Å². The van der Waals surface area contributed by atoms with Crippen LogP contribution < -0.4 is 5.32 Å². The Bertz CT molecular complexity index is 473. The molecule has 1 atom stereocenters. The maximum atomic E-state index is 11.8. The number of amides is 1. The summed E-state index contributed by atoms with van der Waals surface area (Å²) in [6.07, 6.45) is 2.79. The first-order valence-electron chi connectivity index (χ1n) is 5.75. The summed E-state index contributed by atoms with van der Waals surface area (Å²) in [5.74, 6) is -1.72. The van der Waals surface area contributed by atoms with Crippen molar-refractivity contribution >= 4 is 11.9 Å². The number of hydrogen-bond acceptors (Lipinski definition) is 4. The number of carbonyl (C=O) groups excluding carboxylic acids is 1. The highest BCUT2D eigenvalue weighted by molar-refractivity contribution is 6.03. The molecular formula is C13H16N2O4. The van der Waals surface area contributed by atoms with Crippen LogP contribution in [0.25, 0.3) is 0 Å². The minimum Gasteiger partial charge on any atom is -0.478 e. The van der Waals surface area contributed by atoms with Crippen molar-refractivity contribution in [2.45, 2.75) is 13.0 Å². The van der Waals surface area contributed by atoms with Crippen molar-refractivity contribution in [1.82, 2.24) is 10.3 Å². The van der Waals surface area contributed by atoms with E-state index >= 15 is 0 Å². The van der Waals surface area contributed by atoms with Gasteiger partial charge in [-0.1, -0.05) is 6.08 Å². The molecule has 0 spiro atoms. The van der Waals surface area contributed by atoms with Gasteiger partial charge in [0.05, 0.1) is 18.3 Å². The lowest BCUT2D eigenvalue weighted by Gasteiger charge is -2.13. The van der Waals surface area contributed by atoms with Gasteiger partial charge in [0.2, 0.25) is 0 Å². The molecule has 1 aromatic rings. The van der Waals surface area contributed by atoms with E-state index in [1.807, 2.05) is 0 Å². The predicted molar refractivity (Wildman–Crippen MR) is 69.1 cm³/mol. The quantitative estimate of drug-likeness (QED) is 0.720. The van der Waals surface area contributed by atoms with Crippen molar-refractivity contribution in [1.29, 1.82) is 0 Å². The molecule has 2 N–H and O–H groups in total. The molecule has 0 saturated carbocycles. The zero-order valence-corrected chi connectivity index (χ0v) is 10.6. The van der Waals surface area contributed by atoms with E-state index < -0.39 is 11.9 Å². The summed E-state index contributed by atoms with van der Waals surface area (Å²) < 4.78 is 5.29. The van der Waals surface area contributed by atoms with E-state index in [1.165, 1.54) is 18.3 Å². The summed E-state index contributed by atoms with van der Waals surface area (Å²) in [7, 11) is 0. The second kappa shape index (κ2) is 7.27. The highest BCUT2D eigenvalue weighted by Gasteiger charge is 2.17. The molecule has 6 heteroatoms. The third kappa shape index (κ3) is 4.51. The molecule has 0 aliphatic carbocycles. The first kappa shape index (κ1) is 14.8. The molecule has 1 unspecified atom stereocenters. The van der Waals surface area contributed by atoms with Crippen molar-refractivity contribution in [2.75, 3.05) is 13.2 Å². The number of hydrogen-bond donors (Lipinski definition) is 2. The topological polar surface area (TPSA) is 88.5 Å². The lowest BCUT2D eigenvalue weighted by molar-refractivity contribution is 0.0685. The third-order valence-electron chi connectivity index (χ3n) is 2.30. The number of pyridine rings is 1. The monoisotopic (exact) mass is 264 g/mol. The van der Waals surface area contributed by atoms with E-state index in [0.717, 1.165) is 0 Å². The first-order chi connectivity index (χ1) is 9.06. The van der Waals surface area contributed by atoms with Crippen molar-refractivity contribution in [3.8, 4) is 0 Å². The Kier molecular flexibility index (Phi) is 5.69. The van der Waals surface area contributed by atoms with Crippen LogP contribution in [-0.4, -0.2) is 41.2 Å². The number of rotatable bonds is 7. The number of carboxylic acid groups (broad SMARTS) is 1. The van der Waals surface area contributed by atoms with Crippen LogP contribution in [0.3, 0.4) is 0 Å². The molecule has 1 aromatic heterocycles. The summed E-state index contributed by atoms with van der Waals surface area (Å²) in [5, 5.41) is 11.5. The van der Waals surface area contributed by atoms with Gasteiger partial charge in [-0.3, -0.25) is 9.78 Å². The summed E-state index contributed by atoms with van der Waals surface area (Å²) in [4.78, 5) is 26.6. The molecule has 1 heterocycles. The smallest absolute Gasteiger partial charge is 0.338 e. The fourth-order valence-corrected chi connectivity index (χ4v) is 1.37. The van der Waals surface area contributed by atoms with Crippen LogP contribution in [0.2, 0.25) is 0 Å². The minimum atomic E-state index is -1.19. The maximum Gasteiger partial charge on any atom is 0.338 e. The molecular weight excluding hydrogens is 248 g/mol. The van der Waals surface area contributed by atoms with Gasteiger partial charge in [0, 0.05) is 12.7 Å². The molecule has 0 fully saturated rings. The van der Waals surface area contributed by atoms with Crippen molar-refractivity contribution in [3.05, 3.63) is 42.2 Å². The molecule has 0 bridgehead atoms. The molecule has 0 aromatic carbocycles. The van der Waals surface area contributed by atoms with Crippen LogP contribution in [-0.2, 0) is 4.74 Å². The van der Waals surface area contributed by atoms with E-state index in [9.17, 15) is 9.59 Å². The number of nitrogens with zero attached hydrogens (tertiary/aromatic N) is 1. The molecule has 1 rings (SSSR count). The summed E-state index contributed by atoms with van der Waals surface area (Å²) in [6, 6.07) is 2.80. The van der Waals surface area contributed by atoms with Crippen molar-refractivity contribution in [2.24, 2.45) is 0 Å². The largest absolute Gasteiger partial charge is 0.478 e. The van der Waals surface area contributed by atoms with Crippen LogP contribution in [0, 0.1) is 0 Å². The summed E-state index contributed by atoms with van der Waals surface area (Å²) in [6.45, 7) is 5.97. The molecule has 0 radical (unpaired) electrons. The number of nitrogens with one attached hydrogen (secondary N) is 1.